The Morgan fingerprint density at radius 2 is 2.05 bits per heavy atom. The van der Waals surface area contributed by atoms with Crippen LogP contribution in [0.2, 0.25) is 0 Å². The molecule has 0 unspecified atom stereocenters. The molecule has 0 radical (unpaired) electrons. The zero-order chi connectivity index (χ0) is 15.2. The van der Waals surface area contributed by atoms with Crippen LogP contribution in [-0.2, 0) is 0 Å². The highest BCUT2D eigenvalue weighted by molar-refractivity contribution is 5.92. The van der Waals surface area contributed by atoms with E-state index in [9.17, 15) is 9.59 Å². The molecule has 1 aliphatic rings. The van der Waals surface area contributed by atoms with Crippen LogP contribution in [0.25, 0.3) is 0 Å². The Kier molecular flexibility index (Phi) is 5.56. The van der Waals surface area contributed by atoms with Gasteiger partial charge in [0.25, 0.3) is 5.91 Å². The lowest BCUT2D eigenvalue weighted by Gasteiger charge is -2.35. The largest absolute Gasteiger partial charge is 0.337 e. The van der Waals surface area contributed by atoms with Gasteiger partial charge in [-0.1, -0.05) is 13.0 Å². The lowest BCUT2D eigenvalue weighted by atomic mass is 9.90. The highest BCUT2D eigenvalue weighted by Gasteiger charge is 2.27. The van der Waals surface area contributed by atoms with Crippen LogP contribution < -0.4 is 10.9 Å². The van der Waals surface area contributed by atoms with Crippen molar-refractivity contribution in [1.29, 1.82) is 0 Å². The number of pyridine rings is 1. The predicted molar refractivity (Wildman–Crippen MR) is 83.5 cm³/mol. The number of hydrogen-bond donors (Lipinski definition) is 2. The molecule has 5 heteroatoms. The summed E-state index contributed by atoms with van der Waals surface area (Å²) in [4.78, 5) is 28.1. The van der Waals surface area contributed by atoms with Crippen LogP contribution in [0.3, 0.4) is 0 Å². The summed E-state index contributed by atoms with van der Waals surface area (Å²) in [5.74, 6) is -0.0994. The fourth-order valence-corrected chi connectivity index (χ4v) is 2.94. The normalized spacial score (nSPS) is 22.0. The van der Waals surface area contributed by atoms with Gasteiger partial charge >= 0.3 is 0 Å². The highest BCUT2D eigenvalue weighted by Crippen LogP contribution is 2.23. The summed E-state index contributed by atoms with van der Waals surface area (Å²) < 4.78 is 0. The van der Waals surface area contributed by atoms with Crippen LogP contribution in [0.1, 0.15) is 49.5 Å². The number of aromatic nitrogens is 1. The van der Waals surface area contributed by atoms with Gasteiger partial charge in [0.2, 0.25) is 5.56 Å². The van der Waals surface area contributed by atoms with Crippen LogP contribution >= 0.6 is 0 Å². The number of rotatable bonds is 5. The number of nitrogens with one attached hydrogen (secondary N) is 2. The molecule has 0 atom stereocenters. The second-order valence-electron chi connectivity index (χ2n) is 5.80. The van der Waals surface area contributed by atoms with E-state index >= 15 is 0 Å². The van der Waals surface area contributed by atoms with Crippen LogP contribution in [0.5, 0.6) is 0 Å². The Hall–Kier alpha value is -1.62. The number of carbonyl (C=O) groups is 1. The molecule has 21 heavy (non-hydrogen) atoms. The lowest BCUT2D eigenvalue weighted by Crippen LogP contribution is -2.43. The quantitative estimate of drug-likeness (QED) is 0.869. The molecule has 1 amide bonds. The second-order valence-corrected chi connectivity index (χ2v) is 5.80. The molecule has 116 valence electrons. The Labute approximate surface area is 125 Å². The summed E-state index contributed by atoms with van der Waals surface area (Å²) in [6.07, 6.45) is 5.39. The minimum atomic E-state index is -0.235. The van der Waals surface area contributed by atoms with Crippen molar-refractivity contribution in [2.45, 2.75) is 51.1 Å². The minimum Gasteiger partial charge on any atom is -0.337 e. The van der Waals surface area contributed by atoms with Crippen molar-refractivity contribution in [3.8, 4) is 0 Å². The van der Waals surface area contributed by atoms with Crippen molar-refractivity contribution in [2.24, 2.45) is 0 Å². The van der Waals surface area contributed by atoms with Crippen molar-refractivity contribution in [2.75, 3.05) is 13.6 Å². The van der Waals surface area contributed by atoms with E-state index in [1.807, 2.05) is 7.05 Å². The Balaban J connectivity index is 1.91. The molecule has 0 aromatic carbocycles. The molecular formula is C16H25N3O2. The van der Waals surface area contributed by atoms with E-state index in [-0.39, 0.29) is 17.5 Å². The van der Waals surface area contributed by atoms with Crippen molar-refractivity contribution < 1.29 is 4.79 Å². The van der Waals surface area contributed by atoms with Gasteiger partial charge in [0.05, 0.1) is 0 Å². The molecule has 2 rings (SSSR count). The Morgan fingerprint density at radius 1 is 1.33 bits per heavy atom. The standard InChI is InChI=1S/C16H25N3O2/c1-3-11-17-12-7-9-13(10-8-12)19(2)16(21)14-5-4-6-15(20)18-14/h4-6,12-13,17H,3,7-11H2,1-2H3,(H,18,20). The first-order chi connectivity index (χ1) is 10.1. The van der Waals surface area contributed by atoms with Gasteiger partial charge in [-0.05, 0) is 44.7 Å². The average molecular weight is 291 g/mol. The first kappa shape index (κ1) is 15.8. The van der Waals surface area contributed by atoms with Crippen molar-refractivity contribution in [3.63, 3.8) is 0 Å². The smallest absolute Gasteiger partial charge is 0.270 e. The fraction of sp³-hybridized carbons (Fsp3) is 0.625. The first-order valence-electron chi connectivity index (χ1n) is 7.81. The van der Waals surface area contributed by atoms with Gasteiger partial charge in [0.1, 0.15) is 5.69 Å². The molecule has 0 saturated heterocycles. The summed E-state index contributed by atoms with van der Waals surface area (Å²) in [5.41, 5.74) is 0.137. The van der Waals surface area contributed by atoms with Crippen molar-refractivity contribution in [1.82, 2.24) is 15.2 Å². The van der Waals surface area contributed by atoms with Gasteiger partial charge < -0.3 is 15.2 Å². The van der Waals surface area contributed by atoms with E-state index in [1.54, 1.807) is 17.0 Å². The third-order valence-electron chi connectivity index (χ3n) is 4.25. The van der Waals surface area contributed by atoms with Crippen LogP contribution in [0, 0.1) is 0 Å². The van der Waals surface area contributed by atoms with Crippen LogP contribution in [0.4, 0.5) is 0 Å². The average Bonchev–Trinajstić information content (AvgIpc) is 2.52. The zero-order valence-corrected chi connectivity index (χ0v) is 12.9. The monoisotopic (exact) mass is 291 g/mol. The van der Waals surface area contributed by atoms with E-state index in [2.05, 4.69) is 17.2 Å². The van der Waals surface area contributed by atoms with E-state index in [1.165, 1.54) is 6.07 Å². The molecular weight excluding hydrogens is 266 g/mol. The molecule has 0 bridgehead atoms. The predicted octanol–water partition coefficient (Wildman–Crippen LogP) is 1.76. The lowest BCUT2D eigenvalue weighted by molar-refractivity contribution is 0.0678. The summed E-state index contributed by atoms with van der Waals surface area (Å²) in [6, 6.07) is 5.55. The molecule has 1 saturated carbocycles. The van der Waals surface area contributed by atoms with Crippen molar-refractivity contribution in [3.05, 3.63) is 34.2 Å². The third-order valence-corrected chi connectivity index (χ3v) is 4.25. The Morgan fingerprint density at radius 3 is 2.67 bits per heavy atom. The van der Waals surface area contributed by atoms with Crippen molar-refractivity contribution >= 4 is 5.91 Å². The van der Waals surface area contributed by atoms with Gasteiger partial charge in [0.15, 0.2) is 0 Å². The highest BCUT2D eigenvalue weighted by atomic mass is 16.2. The SMILES string of the molecule is CCCNC1CCC(N(C)C(=O)c2cccc(=O)[nH]2)CC1. The van der Waals surface area contributed by atoms with Gasteiger partial charge in [-0.25, -0.2) is 0 Å². The second kappa shape index (κ2) is 7.41. The summed E-state index contributed by atoms with van der Waals surface area (Å²) in [6.45, 7) is 3.24. The molecule has 1 aliphatic carbocycles. The molecule has 1 heterocycles. The van der Waals surface area contributed by atoms with E-state index < -0.39 is 0 Å². The number of H-pyrrole nitrogens is 1. The number of hydrogen-bond acceptors (Lipinski definition) is 3. The van der Waals surface area contributed by atoms with E-state index in [0.29, 0.717) is 11.7 Å². The number of aromatic amines is 1. The van der Waals surface area contributed by atoms with Gasteiger partial charge in [-0.15, -0.1) is 0 Å². The molecule has 0 aliphatic heterocycles. The summed E-state index contributed by atoms with van der Waals surface area (Å²) in [7, 11) is 1.83. The minimum absolute atomic E-state index is 0.0994. The van der Waals surface area contributed by atoms with E-state index in [4.69, 9.17) is 0 Å². The molecule has 5 nitrogen and oxygen atoms in total. The molecule has 0 spiro atoms. The molecule has 2 N–H and O–H groups in total. The van der Waals surface area contributed by atoms with Gasteiger partial charge in [-0.2, -0.15) is 0 Å². The maximum absolute atomic E-state index is 12.4. The molecule has 1 fully saturated rings. The van der Waals surface area contributed by atoms with Crippen LogP contribution in [0.15, 0.2) is 23.0 Å². The van der Waals surface area contributed by atoms with E-state index in [0.717, 1.165) is 38.6 Å². The number of carbonyl (C=O) groups excluding carboxylic acids is 1. The van der Waals surface area contributed by atoms with Crippen LogP contribution in [-0.4, -0.2) is 41.5 Å². The topological polar surface area (TPSA) is 65.2 Å². The zero-order valence-electron chi connectivity index (χ0n) is 12.9. The van der Waals surface area contributed by atoms with Gasteiger partial charge in [0, 0.05) is 25.2 Å². The fourth-order valence-electron chi connectivity index (χ4n) is 2.94. The summed E-state index contributed by atoms with van der Waals surface area (Å²) in [5, 5.41) is 3.55. The number of nitrogens with zero attached hydrogens (tertiary/aromatic N) is 1. The molecule has 1 aromatic heterocycles. The maximum atomic E-state index is 12.4. The molecule has 1 aromatic rings. The third kappa shape index (κ3) is 4.17. The summed E-state index contributed by atoms with van der Waals surface area (Å²) >= 11 is 0. The first-order valence-corrected chi connectivity index (χ1v) is 7.81. The maximum Gasteiger partial charge on any atom is 0.270 e. The Bertz CT molecular complexity index is 518. The number of amides is 1. The van der Waals surface area contributed by atoms with Gasteiger partial charge in [-0.3, -0.25) is 9.59 Å².